The number of carbonyl (C=O) groups is 2. The van der Waals surface area contributed by atoms with Crippen molar-refractivity contribution in [2.75, 3.05) is 17.2 Å². The molecule has 0 N–H and O–H groups in total. The van der Waals surface area contributed by atoms with Gasteiger partial charge >= 0.3 is 0 Å². The van der Waals surface area contributed by atoms with Gasteiger partial charge in [-0.05, 0) is 54.3 Å². The normalized spacial score (nSPS) is 18.5. The van der Waals surface area contributed by atoms with Crippen LogP contribution in [0.5, 0.6) is 0 Å². The van der Waals surface area contributed by atoms with Crippen LogP contribution in [0, 0.1) is 0 Å². The highest BCUT2D eigenvalue weighted by Crippen LogP contribution is 2.39. The van der Waals surface area contributed by atoms with Crippen molar-refractivity contribution < 1.29 is 14.0 Å². The number of thioether (sulfide) groups is 1. The number of amides is 2. The number of benzene rings is 2. The zero-order valence-corrected chi connectivity index (χ0v) is 17.3. The molecule has 30 heavy (non-hydrogen) atoms. The van der Waals surface area contributed by atoms with Gasteiger partial charge in [0.05, 0.1) is 18.6 Å². The van der Waals surface area contributed by atoms with Gasteiger partial charge in [0.2, 0.25) is 5.91 Å². The van der Waals surface area contributed by atoms with E-state index in [2.05, 4.69) is 6.07 Å². The minimum Gasteiger partial charge on any atom is -0.467 e. The zero-order valence-electron chi connectivity index (χ0n) is 16.5. The molecular formula is C24H22N2O3S. The lowest BCUT2D eigenvalue weighted by atomic mass is 10.0. The van der Waals surface area contributed by atoms with E-state index in [-0.39, 0.29) is 17.2 Å². The molecule has 0 unspecified atom stereocenters. The summed E-state index contributed by atoms with van der Waals surface area (Å²) in [6.45, 7) is 1.19. The van der Waals surface area contributed by atoms with Crippen molar-refractivity contribution in [1.82, 2.24) is 4.90 Å². The first-order valence-corrected chi connectivity index (χ1v) is 11.2. The van der Waals surface area contributed by atoms with Gasteiger partial charge in [-0.2, -0.15) is 0 Å². The van der Waals surface area contributed by atoms with E-state index in [1.807, 2.05) is 64.4 Å². The molecule has 1 saturated heterocycles. The van der Waals surface area contributed by atoms with Gasteiger partial charge in [0.15, 0.2) is 0 Å². The van der Waals surface area contributed by atoms with Crippen LogP contribution in [0.1, 0.15) is 39.0 Å². The topological polar surface area (TPSA) is 53.8 Å². The second-order valence-electron chi connectivity index (χ2n) is 7.58. The SMILES string of the molecule is O=C(c1ccc([C@@H]2SCC(=O)N2Cc2ccco2)cc1)N1CCCc2ccccc21. The van der Waals surface area contributed by atoms with Crippen LogP contribution in [0.4, 0.5) is 5.69 Å². The zero-order chi connectivity index (χ0) is 20.5. The number of furan rings is 1. The van der Waals surface area contributed by atoms with Gasteiger partial charge in [-0.3, -0.25) is 9.59 Å². The fraction of sp³-hybridized carbons (Fsp3) is 0.250. The first kappa shape index (κ1) is 19.0. The van der Waals surface area contributed by atoms with Crippen molar-refractivity contribution in [2.45, 2.75) is 24.8 Å². The van der Waals surface area contributed by atoms with E-state index in [0.29, 0.717) is 17.9 Å². The van der Waals surface area contributed by atoms with Crippen LogP contribution < -0.4 is 4.90 Å². The number of carbonyl (C=O) groups excluding carboxylic acids is 2. The van der Waals surface area contributed by atoms with Crippen molar-refractivity contribution in [3.63, 3.8) is 0 Å². The van der Waals surface area contributed by atoms with E-state index in [9.17, 15) is 9.59 Å². The van der Waals surface area contributed by atoms with Crippen molar-refractivity contribution in [3.05, 3.63) is 89.4 Å². The van der Waals surface area contributed by atoms with Crippen LogP contribution in [0.15, 0.2) is 71.3 Å². The molecule has 0 radical (unpaired) electrons. The van der Waals surface area contributed by atoms with Gasteiger partial charge in [-0.1, -0.05) is 30.3 Å². The Labute approximate surface area is 179 Å². The maximum absolute atomic E-state index is 13.2. The smallest absolute Gasteiger partial charge is 0.258 e. The number of aryl methyl sites for hydroxylation is 1. The molecule has 0 aliphatic carbocycles. The van der Waals surface area contributed by atoms with Crippen molar-refractivity contribution in [1.29, 1.82) is 0 Å². The summed E-state index contributed by atoms with van der Waals surface area (Å²) in [6, 6.07) is 19.5. The lowest BCUT2D eigenvalue weighted by Crippen LogP contribution is -2.35. The number of rotatable bonds is 4. The number of hydrogen-bond acceptors (Lipinski definition) is 4. The molecule has 1 atom stereocenters. The van der Waals surface area contributed by atoms with Crippen LogP contribution in [0.2, 0.25) is 0 Å². The number of para-hydroxylation sites is 1. The third-order valence-corrected chi connectivity index (χ3v) is 6.93. The lowest BCUT2D eigenvalue weighted by molar-refractivity contribution is -0.128. The molecule has 0 saturated carbocycles. The predicted molar refractivity (Wildman–Crippen MR) is 117 cm³/mol. The summed E-state index contributed by atoms with van der Waals surface area (Å²) in [5, 5.41) is -0.0672. The Balaban J connectivity index is 1.36. The molecule has 2 aromatic carbocycles. The second kappa shape index (κ2) is 8.03. The van der Waals surface area contributed by atoms with Crippen LogP contribution in [-0.4, -0.2) is 29.0 Å². The first-order chi connectivity index (χ1) is 14.7. The van der Waals surface area contributed by atoms with Crippen molar-refractivity contribution >= 4 is 29.3 Å². The summed E-state index contributed by atoms with van der Waals surface area (Å²) in [5.41, 5.74) is 3.93. The number of nitrogens with zero attached hydrogens (tertiary/aromatic N) is 2. The molecule has 2 aliphatic heterocycles. The second-order valence-corrected chi connectivity index (χ2v) is 8.64. The molecule has 1 fully saturated rings. The third-order valence-electron chi connectivity index (χ3n) is 5.67. The average molecular weight is 419 g/mol. The Kier molecular flexibility index (Phi) is 5.09. The molecular weight excluding hydrogens is 396 g/mol. The molecule has 1 aromatic heterocycles. The summed E-state index contributed by atoms with van der Waals surface area (Å²) in [6.07, 6.45) is 3.61. The Bertz CT molecular complexity index is 1060. The number of anilines is 1. The molecule has 2 aliphatic rings. The minimum absolute atomic E-state index is 0.0243. The molecule has 152 valence electrons. The van der Waals surface area contributed by atoms with Crippen LogP contribution in [0.25, 0.3) is 0 Å². The van der Waals surface area contributed by atoms with E-state index in [0.717, 1.165) is 36.4 Å². The summed E-state index contributed by atoms with van der Waals surface area (Å²) < 4.78 is 5.42. The molecule has 0 bridgehead atoms. The van der Waals surface area contributed by atoms with Gasteiger partial charge in [0.1, 0.15) is 11.1 Å². The average Bonchev–Trinajstić information content (AvgIpc) is 3.43. The Morgan fingerprint density at radius 2 is 1.90 bits per heavy atom. The highest BCUT2D eigenvalue weighted by molar-refractivity contribution is 8.00. The Hall–Kier alpha value is -2.99. The van der Waals surface area contributed by atoms with Gasteiger partial charge in [-0.25, -0.2) is 0 Å². The minimum atomic E-state index is -0.0672. The monoisotopic (exact) mass is 418 g/mol. The third kappa shape index (κ3) is 3.52. The Morgan fingerprint density at radius 1 is 1.07 bits per heavy atom. The molecule has 5 nitrogen and oxygen atoms in total. The molecule has 3 aromatic rings. The van der Waals surface area contributed by atoms with Gasteiger partial charge in [-0.15, -0.1) is 11.8 Å². The van der Waals surface area contributed by atoms with Crippen molar-refractivity contribution in [2.24, 2.45) is 0 Å². The van der Waals surface area contributed by atoms with Crippen LogP contribution in [-0.2, 0) is 17.8 Å². The van der Waals surface area contributed by atoms with Crippen molar-refractivity contribution in [3.8, 4) is 0 Å². The van der Waals surface area contributed by atoms with Gasteiger partial charge in [0.25, 0.3) is 5.91 Å². The maximum atomic E-state index is 13.2. The lowest BCUT2D eigenvalue weighted by Gasteiger charge is -2.29. The molecule has 5 rings (SSSR count). The number of hydrogen-bond donors (Lipinski definition) is 0. The van der Waals surface area contributed by atoms with E-state index in [1.165, 1.54) is 5.56 Å². The van der Waals surface area contributed by atoms with E-state index >= 15 is 0 Å². The predicted octanol–water partition coefficient (Wildman–Crippen LogP) is 4.65. The largest absolute Gasteiger partial charge is 0.467 e. The quantitative estimate of drug-likeness (QED) is 0.619. The summed E-state index contributed by atoms with van der Waals surface area (Å²) >= 11 is 1.61. The number of fused-ring (bicyclic) bond motifs is 1. The standard InChI is InChI=1S/C24H22N2O3S/c27-22-16-30-24(26(22)15-20-7-4-14-29-20)19-11-9-18(10-12-19)23(28)25-13-3-6-17-5-1-2-8-21(17)25/h1-2,4-5,7-12,14,24H,3,6,13,15-16H2/t24-/m0/s1. The van der Waals surface area contributed by atoms with Crippen LogP contribution in [0.3, 0.4) is 0 Å². The fourth-order valence-electron chi connectivity index (χ4n) is 4.16. The fourth-order valence-corrected chi connectivity index (χ4v) is 5.35. The summed E-state index contributed by atoms with van der Waals surface area (Å²) in [7, 11) is 0. The highest BCUT2D eigenvalue weighted by Gasteiger charge is 2.33. The van der Waals surface area contributed by atoms with Gasteiger partial charge < -0.3 is 14.2 Å². The highest BCUT2D eigenvalue weighted by atomic mass is 32.2. The summed E-state index contributed by atoms with van der Waals surface area (Å²) in [4.78, 5) is 29.3. The van der Waals surface area contributed by atoms with Gasteiger partial charge in [0, 0.05) is 17.8 Å². The molecule has 2 amide bonds. The first-order valence-electron chi connectivity index (χ1n) is 10.1. The summed E-state index contributed by atoms with van der Waals surface area (Å²) in [5.74, 6) is 1.35. The van der Waals surface area contributed by atoms with Crippen LogP contribution >= 0.6 is 11.8 Å². The van der Waals surface area contributed by atoms with E-state index in [1.54, 1.807) is 18.0 Å². The maximum Gasteiger partial charge on any atom is 0.258 e. The molecule has 0 spiro atoms. The molecule has 3 heterocycles. The van der Waals surface area contributed by atoms with E-state index < -0.39 is 0 Å². The molecule has 6 heteroatoms. The van der Waals surface area contributed by atoms with E-state index in [4.69, 9.17) is 4.42 Å². The Morgan fingerprint density at radius 3 is 2.70 bits per heavy atom.